The molecule has 1 heterocycles. The molecule has 0 radical (unpaired) electrons. The molecule has 0 aromatic heterocycles. The number of likely N-dealkylation sites (tertiary alicyclic amines) is 1. The number of rotatable bonds is 2. The van der Waals surface area contributed by atoms with E-state index in [0.717, 1.165) is 25.1 Å². The minimum absolute atomic E-state index is 0.0226. The first kappa shape index (κ1) is 15.3. The Morgan fingerprint density at radius 2 is 1.95 bits per heavy atom. The van der Waals surface area contributed by atoms with E-state index in [0.29, 0.717) is 30.6 Å². The average Bonchev–Trinajstić information content (AvgIpc) is 2.25. The third-order valence-corrected chi connectivity index (χ3v) is 3.46. The highest BCUT2D eigenvalue weighted by molar-refractivity contribution is 5.26. The van der Waals surface area contributed by atoms with Gasteiger partial charge < -0.3 is 5.73 Å². The highest BCUT2D eigenvalue weighted by Crippen LogP contribution is 2.31. The van der Waals surface area contributed by atoms with Crippen LogP contribution in [0, 0.1) is 11.7 Å². The van der Waals surface area contributed by atoms with Gasteiger partial charge in [-0.25, -0.2) is 4.39 Å². The SMILES string of the molecule is CC1CC(N)CN(Cc2cc(F)cc(C(F)(F)F)c2)C1. The van der Waals surface area contributed by atoms with E-state index in [2.05, 4.69) is 6.92 Å². The summed E-state index contributed by atoms with van der Waals surface area (Å²) in [6.07, 6.45) is -3.62. The summed E-state index contributed by atoms with van der Waals surface area (Å²) in [6.45, 7) is 3.74. The molecular weight excluding hydrogens is 272 g/mol. The van der Waals surface area contributed by atoms with Gasteiger partial charge in [0, 0.05) is 25.7 Å². The smallest absolute Gasteiger partial charge is 0.327 e. The Kier molecular flexibility index (Phi) is 4.34. The molecule has 2 unspecified atom stereocenters. The molecule has 1 saturated heterocycles. The molecule has 2 atom stereocenters. The number of alkyl halides is 3. The minimum atomic E-state index is -4.53. The fraction of sp³-hybridized carbons (Fsp3) is 0.571. The van der Waals surface area contributed by atoms with Gasteiger partial charge in [-0.05, 0) is 36.1 Å². The van der Waals surface area contributed by atoms with Gasteiger partial charge in [0.05, 0.1) is 5.56 Å². The van der Waals surface area contributed by atoms with Crippen molar-refractivity contribution in [3.63, 3.8) is 0 Å². The van der Waals surface area contributed by atoms with Gasteiger partial charge in [0.15, 0.2) is 0 Å². The first-order valence-corrected chi connectivity index (χ1v) is 6.58. The summed E-state index contributed by atoms with van der Waals surface area (Å²) in [5, 5.41) is 0. The molecule has 1 aliphatic heterocycles. The molecule has 0 bridgehead atoms. The fourth-order valence-electron chi connectivity index (χ4n) is 2.81. The zero-order valence-corrected chi connectivity index (χ0v) is 11.3. The lowest BCUT2D eigenvalue weighted by atomic mass is 9.96. The molecule has 1 aromatic rings. The largest absolute Gasteiger partial charge is 0.416 e. The second-order valence-electron chi connectivity index (χ2n) is 5.64. The number of halogens is 4. The standard InChI is InChI=1S/C14H18F4N2/c1-9-2-13(19)8-20(6-9)7-10-3-11(14(16,17)18)5-12(15)4-10/h3-5,9,13H,2,6-8,19H2,1H3. The van der Waals surface area contributed by atoms with E-state index in [-0.39, 0.29) is 6.04 Å². The van der Waals surface area contributed by atoms with Crippen LogP contribution >= 0.6 is 0 Å². The highest BCUT2D eigenvalue weighted by atomic mass is 19.4. The van der Waals surface area contributed by atoms with Crippen molar-refractivity contribution < 1.29 is 17.6 Å². The molecule has 0 saturated carbocycles. The molecule has 0 amide bonds. The minimum Gasteiger partial charge on any atom is -0.327 e. The number of hydrogen-bond acceptors (Lipinski definition) is 2. The Balaban J connectivity index is 2.15. The Bertz CT molecular complexity index is 463. The van der Waals surface area contributed by atoms with Crippen molar-refractivity contribution in [3.05, 3.63) is 35.1 Å². The highest BCUT2D eigenvalue weighted by Gasteiger charge is 2.31. The van der Waals surface area contributed by atoms with E-state index in [1.165, 1.54) is 0 Å². The third-order valence-electron chi connectivity index (χ3n) is 3.46. The maximum absolute atomic E-state index is 13.3. The number of hydrogen-bond donors (Lipinski definition) is 1. The topological polar surface area (TPSA) is 29.3 Å². The molecule has 0 aliphatic carbocycles. The Labute approximate surface area is 115 Å². The lowest BCUT2D eigenvalue weighted by Crippen LogP contribution is -2.45. The Morgan fingerprint density at radius 3 is 2.55 bits per heavy atom. The number of nitrogens with two attached hydrogens (primary N) is 1. The Hall–Kier alpha value is -1.14. The van der Waals surface area contributed by atoms with E-state index in [1.807, 2.05) is 4.90 Å². The molecule has 0 spiro atoms. The fourth-order valence-corrected chi connectivity index (χ4v) is 2.81. The van der Waals surface area contributed by atoms with E-state index in [1.54, 1.807) is 0 Å². The molecule has 1 fully saturated rings. The summed E-state index contributed by atoms with van der Waals surface area (Å²) >= 11 is 0. The normalized spacial score (nSPS) is 24.9. The van der Waals surface area contributed by atoms with Crippen molar-refractivity contribution in [2.24, 2.45) is 11.7 Å². The number of benzene rings is 1. The molecule has 2 rings (SSSR count). The molecule has 2 N–H and O–H groups in total. The van der Waals surface area contributed by atoms with E-state index in [4.69, 9.17) is 5.73 Å². The van der Waals surface area contributed by atoms with Crippen LogP contribution in [0.1, 0.15) is 24.5 Å². The second-order valence-corrected chi connectivity index (χ2v) is 5.64. The van der Waals surface area contributed by atoms with Crippen LogP contribution in [0.2, 0.25) is 0 Å². The predicted molar refractivity (Wildman–Crippen MR) is 68.4 cm³/mol. The summed E-state index contributed by atoms with van der Waals surface area (Å²) < 4.78 is 51.3. The van der Waals surface area contributed by atoms with Crippen LogP contribution in [0.4, 0.5) is 17.6 Å². The lowest BCUT2D eigenvalue weighted by molar-refractivity contribution is -0.137. The lowest BCUT2D eigenvalue weighted by Gasteiger charge is -2.34. The molecule has 112 valence electrons. The van der Waals surface area contributed by atoms with Crippen LogP contribution in [0.25, 0.3) is 0 Å². The van der Waals surface area contributed by atoms with E-state index >= 15 is 0 Å². The summed E-state index contributed by atoms with van der Waals surface area (Å²) in [6, 6.07) is 2.71. The molecule has 2 nitrogen and oxygen atoms in total. The maximum Gasteiger partial charge on any atom is 0.416 e. The average molecular weight is 290 g/mol. The molecule has 1 aromatic carbocycles. The van der Waals surface area contributed by atoms with Crippen molar-refractivity contribution in [1.29, 1.82) is 0 Å². The van der Waals surface area contributed by atoms with Crippen molar-refractivity contribution in [1.82, 2.24) is 4.90 Å². The molecule has 6 heteroatoms. The van der Waals surface area contributed by atoms with Gasteiger partial charge in [0.2, 0.25) is 0 Å². The zero-order chi connectivity index (χ0) is 14.9. The number of nitrogens with zero attached hydrogens (tertiary/aromatic N) is 1. The van der Waals surface area contributed by atoms with Gasteiger partial charge >= 0.3 is 6.18 Å². The molecule has 1 aliphatic rings. The van der Waals surface area contributed by atoms with Crippen molar-refractivity contribution in [2.45, 2.75) is 32.1 Å². The quantitative estimate of drug-likeness (QED) is 0.848. The van der Waals surface area contributed by atoms with E-state index in [9.17, 15) is 17.6 Å². The second kappa shape index (κ2) is 5.69. The van der Waals surface area contributed by atoms with Crippen LogP contribution in [0.5, 0.6) is 0 Å². The van der Waals surface area contributed by atoms with Crippen molar-refractivity contribution in [3.8, 4) is 0 Å². The van der Waals surface area contributed by atoms with Crippen LogP contribution < -0.4 is 5.73 Å². The third kappa shape index (κ3) is 3.93. The molecule has 20 heavy (non-hydrogen) atoms. The predicted octanol–water partition coefficient (Wildman–Crippen LogP) is 3.01. The van der Waals surface area contributed by atoms with Gasteiger partial charge in [-0.15, -0.1) is 0 Å². The summed E-state index contributed by atoms with van der Waals surface area (Å²) in [5.74, 6) is -0.460. The van der Waals surface area contributed by atoms with Crippen LogP contribution in [0.15, 0.2) is 18.2 Å². The van der Waals surface area contributed by atoms with Gasteiger partial charge in [0.1, 0.15) is 5.82 Å². The van der Waals surface area contributed by atoms with Gasteiger partial charge in [0.25, 0.3) is 0 Å². The van der Waals surface area contributed by atoms with Crippen LogP contribution in [-0.2, 0) is 12.7 Å². The summed E-state index contributed by atoms with van der Waals surface area (Å²) in [7, 11) is 0. The Morgan fingerprint density at radius 1 is 1.25 bits per heavy atom. The van der Waals surface area contributed by atoms with Crippen molar-refractivity contribution in [2.75, 3.05) is 13.1 Å². The van der Waals surface area contributed by atoms with Crippen LogP contribution in [-0.4, -0.2) is 24.0 Å². The first-order chi connectivity index (χ1) is 9.24. The first-order valence-electron chi connectivity index (χ1n) is 6.58. The van der Waals surface area contributed by atoms with Gasteiger partial charge in [-0.1, -0.05) is 6.92 Å². The zero-order valence-electron chi connectivity index (χ0n) is 11.3. The van der Waals surface area contributed by atoms with Crippen LogP contribution in [0.3, 0.4) is 0 Å². The van der Waals surface area contributed by atoms with Gasteiger partial charge in [-0.3, -0.25) is 4.90 Å². The summed E-state index contributed by atoms with van der Waals surface area (Å²) in [5.41, 5.74) is 5.29. The van der Waals surface area contributed by atoms with Crippen molar-refractivity contribution >= 4 is 0 Å². The van der Waals surface area contributed by atoms with Gasteiger partial charge in [-0.2, -0.15) is 13.2 Å². The number of piperidine rings is 1. The monoisotopic (exact) mass is 290 g/mol. The molecular formula is C14H18F4N2. The van der Waals surface area contributed by atoms with E-state index < -0.39 is 17.6 Å². The summed E-state index contributed by atoms with van der Waals surface area (Å²) in [4.78, 5) is 1.98. The maximum atomic E-state index is 13.3.